The van der Waals surface area contributed by atoms with Crippen LogP contribution in [0.15, 0.2) is 18.5 Å². The molecule has 1 saturated heterocycles. The van der Waals surface area contributed by atoms with E-state index in [0.29, 0.717) is 5.54 Å². The van der Waals surface area contributed by atoms with Gasteiger partial charge in [-0.1, -0.05) is 31.4 Å². The van der Waals surface area contributed by atoms with Crippen LogP contribution in [0.3, 0.4) is 0 Å². The summed E-state index contributed by atoms with van der Waals surface area (Å²) in [6.45, 7) is 7.80. The van der Waals surface area contributed by atoms with Crippen LogP contribution in [0.1, 0.15) is 51.5 Å². The summed E-state index contributed by atoms with van der Waals surface area (Å²) in [5.41, 5.74) is 1.75. The standard InChI is InChI=1S/C17H26ClN3/c1-3-16(2)12-20-17(7-4-5-8-17)13-21(16)11-14-6-9-19-10-15(14)18/h6,9-10,20H,3-5,7-8,11-13H2,1-2H3. The van der Waals surface area contributed by atoms with Gasteiger partial charge in [-0.3, -0.25) is 9.88 Å². The first-order valence-electron chi connectivity index (χ1n) is 8.15. The molecule has 116 valence electrons. The summed E-state index contributed by atoms with van der Waals surface area (Å²) in [5, 5.41) is 4.67. The molecule has 0 radical (unpaired) electrons. The zero-order chi connectivity index (χ0) is 14.9. The minimum atomic E-state index is 0.209. The van der Waals surface area contributed by atoms with Crippen LogP contribution in [0.4, 0.5) is 0 Å². The predicted octanol–water partition coefficient (Wildman–Crippen LogP) is 3.62. The molecule has 0 aromatic carbocycles. The van der Waals surface area contributed by atoms with Crippen LogP contribution in [0.5, 0.6) is 0 Å². The van der Waals surface area contributed by atoms with Gasteiger partial charge in [0.15, 0.2) is 0 Å². The number of halogens is 1. The molecule has 1 spiro atoms. The summed E-state index contributed by atoms with van der Waals surface area (Å²) in [6.07, 6.45) is 10.1. The highest BCUT2D eigenvalue weighted by Gasteiger charge is 2.45. The summed E-state index contributed by atoms with van der Waals surface area (Å²) in [5.74, 6) is 0. The Hall–Kier alpha value is -0.640. The van der Waals surface area contributed by atoms with E-state index < -0.39 is 0 Å². The third kappa shape index (κ3) is 2.96. The van der Waals surface area contributed by atoms with E-state index >= 15 is 0 Å². The molecule has 2 aliphatic rings. The van der Waals surface area contributed by atoms with Crippen LogP contribution in [-0.4, -0.2) is 34.1 Å². The summed E-state index contributed by atoms with van der Waals surface area (Å²) in [4.78, 5) is 6.75. The lowest BCUT2D eigenvalue weighted by Gasteiger charge is -2.52. The zero-order valence-electron chi connectivity index (χ0n) is 13.2. The lowest BCUT2D eigenvalue weighted by atomic mass is 9.84. The Bertz CT molecular complexity index is 499. The molecule has 1 saturated carbocycles. The summed E-state index contributed by atoms with van der Waals surface area (Å²) in [6, 6.07) is 2.06. The average Bonchev–Trinajstić information content (AvgIpc) is 2.94. The maximum absolute atomic E-state index is 6.33. The largest absolute Gasteiger partial charge is 0.308 e. The molecule has 1 aromatic rings. The quantitative estimate of drug-likeness (QED) is 0.924. The van der Waals surface area contributed by atoms with Crippen molar-refractivity contribution in [2.75, 3.05) is 13.1 Å². The van der Waals surface area contributed by atoms with E-state index in [4.69, 9.17) is 11.6 Å². The highest BCUT2D eigenvalue weighted by Crippen LogP contribution is 2.37. The van der Waals surface area contributed by atoms with Crippen LogP contribution >= 0.6 is 11.6 Å². The molecule has 1 aliphatic carbocycles. The molecule has 4 heteroatoms. The second kappa shape index (κ2) is 5.86. The lowest BCUT2D eigenvalue weighted by molar-refractivity contribution is 0.00779. The molecule has 0 amide bonds. The van der Waals surface area contributed by atoms with Crippen molar-refractivity contribution in [3.8, 4) is 0 Å². The molecule has 2 heterocycles. The van der Waals surface area contributed by atoms with Crippen LogP contribution in [-0.2, 0) is 6.54 Å². The van der Waals surface area contributed by atoms with E-state index in [1.54, 1.807) is 6.20 Å². The van der Waals surface area contributed by atoms with Crippen molar-refractivity contribution in [1.29, 1.82) is 0 Å². The minimum absolute atomic E-state index is 0.209. The van der Waals surface area contributed by atoms with Crippen molar-refractivity contribution in [3.63, 3.8) is 0 Å². The fourth-order valence-electron chi connectivity index (χ4n) is 3.82. The van der Waals surface area contributed by atoms with Crippen molar-refractivity contribution in [3.05, 3.63) is 29.0 Å². The van der Waals surface area contributed by atoms with E-state index in [2.05, 4.69) is 35.1 Å². The molecule has 1 N–H and O–H groups in total. The van der Waals surface area contributed by atoms with Gasteiger partial charge in [-0.2, -0.15) is 0 Å². The van der Waals surface area contributed by atoms with E-state index in [9.17, 15) is 0 Å². The second-order valence-corrected chi connectivity index (χ2v) is 7.42. The number of hydrogen-bond acceptors (Lipinski definition) is 3. The van der Waals surface area contributed by atoms with Gasteiger partial charge in [0.25, 0.3) is 0 Å². The van der Waals surface area contributed by atoms with Crippen molar-refractivity contribution >= 4 is 11.6 Å². The Morgan fingerprint density at radius 1 is 1.38 bits per heavy atom. The van der Waals surface area contributed by atoms with Gasteiger partial charge in [0, 0.05) is 43.1 Å². The Kier molecular flexibility index (Phi) is 4.26. The van der Waals surface area contributed by atoms with Crippen LogP contribution in [0.2, 0.25) is 5.02 Å². The molecule has 1 atom stereocenters. The molecule has 0 bridgehead atoms. The average molecular weight is 308 g/mol. The number of nitrogens with one attached hydrogen (secondary N) is 1. The summed E-state index contributed by atoms with van der Waals surface area (Å²) in [7, 11) is 0. The van der Waals surface area contributed by atoms with Gasteiger partial charge in [-0.25, -0.2) is 0 Å². The lowest BCUT2D eigenvalue weighted by Crippen LogP contribution is -2.67. The Labute approximate surface area is 133 Å². The highest BCUT2D eigenvalue weighted by molar-refractivity contribution is 6.31. The van der Waals surface area contributed by atoms with E-state index in [0.717, 1.165) is 31.1 Å². The SMILES string of the molecule is CCC1(C)CNC2(CCCC2)CN1Cc1ccncc1Cl. The molecule has 1 aliphatic heterocycles. The first-order chi connectivity index (χ1) is 10.1. The Balaban J connectivity index is 1.82. The fraction of sp³-hybridized carbons (Fsp3) is 0.706. The Morgan fingerprint density at radius 3 is 2.81 bits per heavy atom. The molecule has 1 unspecified atom stereocenters. The third-order valence-electron chi connectivity index (χ3n) is 5.64. The number of nitrogens with zero attached hydrogens (tertiary/aromatic N) is 2. The molecule has 3 nitrogen and oxygen atoms in total. The molecule has 3 rings (SSSR count). The molecule has 1 aromatic heterocycles. The predicted molar refractivity (Wildman–Crippen MR) is 87.6 cm³/mol. The smallest absolute Gasteiger partial charge is 0.0634 e. The highest BCUT2D eigenvalue weighted by atomic mass is 35.5. The zero-order valence-corrected chi connectivity index (χ0v) is 13.9. The molecule has 2 fully saturated rings. The van der Waals surface area contributed by atoms with Crippen molar-refractivity contribution in [2.45, 2.75) is 63.6 Å². The summed E-state index contributed by atoms with van der Waals surface area (Å²) < 4.78 is 0. The maximum Gasteiger partial charge on any atom is 0.0634 e. The maximum atomic E-state index is 6.33. The van der Waals surface area contributed by atoms with Gasteiger partial charge >= 0.3 is 0 Å². The van der Waals surface area contributed by atoms with E-state index in [1.807, 2.05) is 6.20 Å². The van der Waals surface area contributed by atoms with Gasteiger partial charge in [0.05, 0.1) is 5.02 Å². The number of rotatable bonds is 3. The third-order valence-corrected chi connectivity index (χ3v) is 5.98. The van der Waals surface area contributed by atoms with Crippen LogP contribution < -0.4 is 5.32 Å². The summed E-state index contributed by atoms with van der Waals surface area (Å²) >= 11 is 6.33. The van der Waals surface area contributed by atoms with Gasteiger partial charge < -0.3 is 5.32 Å². The van der Waals surface area contributed by atoms with Crippen molar-refractivity contribution < 1.29 is 0 Å². The number of pyridine rings is 1. The minimum Gasteiger partial charge on any atom is -0.308 e. The van der Waals surface area contributed by atoms with Gasteiger partial charge in [0.1, 0.15) is 0 Å². The normalized spacial score (nSPS) is 29.1. The van der Waals surface area contributed by atoms with Gasteiger partial charge in [0.2, 0.25) is 0 Å². The van der Waals surface area contributed by atoms with Crippen LogP contribution in [0.25, 0.3) is 0 Å². The topological polar surface area (TPSA) is 28.2 Å². The van der Waals surface area contributed by atoms with Crippen LogP contribution in [0, 0.1) is 0 Å². The number of hydrogen-bond donors (Lipinski definition) is 1. The Morgan fingerprint density at radius 2 is 2.14 bits per heavy atom. The van der Waals surface area contributed by atoms with Gasteiger partial charge in [-0.15, -0.1) is 0 Å². The van der Waals surface area contributed by atoms with E-state index in [1.165, 1.54) is 31.2 Å². The van der Waals surface area contributed by atoms with E-state index in [-0.39, 0.29) is 5.54 Å². The molecular weight excluding hydrogens is 282 g/mol. The number of piperazine rings is 1. The van der Waals surface area contributed by atoms with Gasteiger partial charge in [-0.05, 0) is 37.8 Å². The molecular formula is C17H26ClN3. The first kappa shape index (κ1) is 15.3. The molecule has 21 heavy (non-hydrogen) atoms. The second-order valence-electron chi connectivity index (χ2n) is 7.01. The monoisotopic (exact) mass is 307 g/mol. The van der Waals surface area contributed by atoms with Crippen molar-refractivity contribution in [2.24, 2.45) is 0 Å². The van der Waals surface area contributed by atoms with Crippen molar-refractivity contribution in [1.82, 2.24) is 15.2 Å². The fourth-order valence-corrected chi connectivity index (χ4v) is 4.00. The number of aromatic nitrogens is 1. The first-order valence-corrected chi connectivity index (χ1v) is 8.53.